The Morgan fingerprint density at radius 1 is 1.00 bits per heavy atom. The van der Waals surface area contributed by atoms with Crippen molar-refractivity contribution in [3.05, 3.63) is 71.8 Å². The van der Waals surface area contributed by atoms with Crippen molar-refractivity contribution in [3.8, 4) is 0 Å². The second-order valence-corrected chi connectivity index (χ2v) is 5.99. The molecule has 2 aromatic carbocycles. The van der Waals surface area contributed by atoms with E-state index >= 15 is 0 Å². The molecule has 0 aliphatic heterocycles. The van der Waals surface area contributed by atoms with Gasteiger partial charge in [-0.3, -0.25) is 4.79 Å². The minimum absolute atomic E-state index is 0. The van der Waals surface area contributed by atoms with E-state index in [0.29, 0.717) is 6.42 Å². The van der Waals surface area contributed by atoms with Gasteiger partial charge >= 0.3 is 0 Å². The fourth-order valence-corrected chi connectivity index (χ4v) is 2.95. The summed E-state index contributed by atoms with van der Waals surface area (Å²) in [5, 5.41) is 3.10. The van der Waals surface area contributed by atoms with Gasteiger partial charge in [0, 0.05) is 12.0 Å². The maximum Gasteiger partial charge on any atom is 0.237 e. The molecule has 0 saturated carbocycles. The fourth-order valence-electron chi connectivity index (χ4n) is 2.95. The van der Waals surface area contributed by atoms with Crippen molar-refractivity contribution in [3.63, 3.8) is 0 Å². The van der Waals surface area contributed by atoms with Gasteiger partial charge in [-0.1, -0.05) is 74.0 Å². The van der Waals surface area contributed by atoms with Crippen LogP contribution in [0.3, 0.4) is 0 Å². The largest absolute Gasteiger partial charge is 0.351 e. The third-order valence-electron chi connectivity index (χ3n) is 4.12. The zero-order valence-corrected chi connectivity index (χ0v) is 15.1. The Morgan fingerprint density at radius 3 is 1.88 bits per heavy atom. The van der Waals surface area contributed by atoms with Crippen LogP contribution in [0.5, 0.6) is 0 Å². The highest BCUT2D eigenvalue weighted by atomic mass is 35.5. The summed E-state index contributed by atoms with van der Waals surface area (Å²) in [6, 6.07) is 20.1. The average molecular weight is 347 g/mol. The van der Waals surface area contributed by atoms with E-state index in [4.69, 9.17) is 5.73 Å². The van der Waals surface area contributed by atoms with Crippen LogP contribution < -0.4 is 11.1 Å². The molecule has 1 amide bonds. The Labute approximate surface area is 151 Å². The highest BCUT2D eigenvalue weighted by Gasteiger charge is 2.24. The van der Waals surface area contributed by atoms with E-state index in [1.54, 1.807) is 0 Å². The number of amides is 1. The number of hydrogen-bond acceptors (Lipinski definition) is 2. The van der Waals surface area contributed by atoms with Crippen molar-refractivity contribution < 1.29 is 4.79 Å². The zero-order chi connectivity index (χ0) is 16.7. The molecule has 130 valence electrons. The summed E-state index contributed by atoms with van der Waals surface area (Å²) in [5.41, 5.74) is 8.32. The lowest BCUT2D eigenvalue weighted by molar-refractivity contribution is -0.123. The average Bonchev–Trinajstić information content (AvgIpc) is 2.57. The van der Waals surface area contributed by atoms with Crippen molar-refractivity contribution >= 4 is 18.3 Å². The first kappa shape index (κ1) is 20.2. The van der Waals surface area contributed by atoms with E-state index < -0.39 is 6.04 Å². The van der Waals surface area contributed by atoms with E-state index in [-0.39, 0.29) is 30.3 Å². The molecule has 0 aliphatic carbocycles. The Balaban J connectivity index is 0.00000288. The van der Waals surface area contributed by atoms with Gasteiger partial charge in [0.15, 0.2) is 0 Å². The lowest BCUT2D eigenvalue weighted by Gasteiger charge is -2.27. The summed E-state index contributed by atoms with van der Waals surface area (Å²) in [7, 11) is 0. The Bertz CT molecular complexity index is 564. The fraction of sp³-hybridized carbons (Fsp3) is 0.350. The first-order valence-corrected chi connectivity index (χ1v) is 8.29. The summed E-state index contributed by atoms with van der Waals surface area (Å²) in [4.78, 5) is 12.3. The molecule has 3 nitrogen and oxygen atoms in total. The highest BCUT2D eigenvalue weighted by Crippen LogP contribution is 2.27. The first-order valence-electron chi connectivity index (χ1n) is 8.29. The monoisotopic (exact) mass is 346 g/mol. The first-order chi connectivity index (χ1) is 11.1. The molecular weight excluding hydrogens is 320 g/mol. The number of nitrogens with two attached hydrogens (primary N) is 1. The molecule has 3 N–H and O–H groups in total. The quantitative estimate of drug-likeness (QED) is 0.799. The molecule has 2 aromatic rings. The van der Waals surface area contributed by atoms with Crippen LogP contribution in [0.25, 0.3) is 0 Å². The van der Waals surface area contributed by atoms with Crippen LogP contribution >= 0.6 is 12.4 Å². The van der Waals surface area contributed by atoms with Crippen molar-refractivity contribution in [2.75, 3.05) is 0 Å². The summed E-state index contributed by atoms with van der Waals surface area (Å²) in [6.45, 7) is 4.08. The molecule has 0 aromatic heterocycles. The molecule has 0 aliphatic rings. The van der Waals surface area contributed by atoms with Gasteiger partial charge in [0.25, 0.3) is 0 Å². The van der Waals surface area contributed by atoms with Crippen molar-refractivity contribution in [1.82, 2.24) is 5.32 Å². The standard InChI is InChI=1S/C20H26N2O.ClH/c1-3-10-18(21)20(23)22-15(2)19(16-11-6-4-7-12-16)17-13-8-5-9-14-17;/h4-9,11-15,18-19H,3,10,21H2,1-2H3,(H,22,23);1H. The smallest absolute Gasteiger partial charge is 0.237 e. The van der Waals surface area contributed by atoms with Gasteiger partial charge < -0.3 is 11.1 Å². The van der Waals surface area contributed by atoms with Crippen molar-refractivity contribution in [2.45, 2.75) is 44.7 Å². The Kier molecular flexibility index (Phi) is 8.51. The van der Waals surface area contributed by atoms with E-state index in [9.17, 15) is 4.79 Å². The maximum absolute atomic E-state index is 12.3. The molecule has 0 fully saturated rings. The van der Waals surface area contributed by atoms with E-state index in [1.165, 1.54) is 11.1 Å². The molecule has 0 radical (unpaired) electrons. The topological polar surface area (TPSA) is 55.1 Å². The number of nitrogens with one attached hydrogen (secondary N) is 1. The van der Waals surface area contributed by atoms with Gasteiger partial charge in [0.2, 0.25) is 5.91 Å². The van der Waals surface area contributed by atoms with Gasteiger partial charge in [-0.25, -0.2) is 0 Å². The second-order valence-electron chi connectivity index (χ2n) is 5.99. The maximum atomic E-state index is 12.3. The normalized spacial score (nSPS) is 13.0. The minimum atomic E-state index is -0.436. The summed E-state index contributed by atoms with van der Waals surface area (Å²) < 4.78 is 0. The third kappa shape index (κ3) is 5.36. The predicted octanol–water partition coefficient (Wildman–Crippen LogP) is 3.87. The highest BCUT2D eigenvalue weighted by molar-refractivity contribution is 5.85. The number of halogens is 1. The van der Waals surface area contributed by atoms with Crippen LogP contribution in [-0.2, 0) is 4.79 Å². The number of hydrogen-bond donors (Lipinski definition) is 2. The number of carbonyl (C=O) groups excluding carboxylic acids is 1. The number of carbonyl (C=O) groups is 1. The van der Waals surface area contributed by atoms with Gasteiger partial charge in [-0.15, -0.1) is 12.4 Å². The Hall–Kier alpha value is -1.84. The van der Waals surface area contributed by atoms with Gasteiger partial charge in [0.1, 0.15) is 0 Å². The molecule has 0 bridgehead atoms. The van der Waals surface area contributed by atoms with Crippen molar-refractivity contribution in [1.29, 1.82) is 0 Å². The molecule has 2 atom stereocenters. The molecular formula is C20H27ClN2O. The van der Waals surface area contributed by atoms with Crippen LogP contribution in [-0.4, -0.2) is 18.0 Å². The lowest BCUT2D eigenvalue weighted by Crippen LogP contribution is -2.46. The second kappa shape index (κ2) is 10.1. The third-order valence-corrected chi connectivity index (χ3v) is 4.12. The van der Waals surface area contributed by atoms with E-state index in [2.05, 4.69) is 29.6 Å². The van der Waals surface area contributed by atoms with Crippen LogP contribution in [0.15, 0.2) is 60.7 Å². The molecule has 24 heavy (non-hydrogen) atoms. The van der Waals surface area contributed by atoms with Crippen molar-refractivity contribution in [2.24, 2.45) is 5.73 Å². The van der Waals surface area contributed by atoms with Gasteiger partial charge in [0.05, 0.1) is 6.04 Å². The molecule has 2 unspecified atom stereocenters. The van der Waals surface area contributed by atoms with Crippen LogP contribution in [0.4, 0.5) is 0 Å². The summed E-state index contributed by atoms with van der Waals surface area (Å²) >= 11 is 0. The van der Waals surface area contributed by atoms with E-state index in [0.717, 1.165) is 6.42 Å². The number of rotatable bonds is 7. The molecule has 0 heterocycles. The molecule has 2 rings (SSSR count). The number of benzene rings is 2. The Morgan fingerprint density at radius 2 is 1.46 bits per heavy atom. The van der Waals surface area contributed by atoms with Gasteiger partial charge in [-0.05, 0) is 24.5 Å². The van der Waals surface area contributed by atoms with Crippen LogP contribution in [0.2, 0.25) is 0 Å². The molecule has 0 spiro atoms. The van der Waals surface area contributed by atoms with E-state index in [1.807, 2.05) is 50.2 Å². The SMILES string of the molecule is CCCC(N)C(=O)NC(C)C(c1ccccc1)c1ccccc1.Cl. The lowest BCUT2D eigenvalue weighted by atomic mass is 9.85. The molecule has 0 saturated heterocycles. The summed E-state index contributed by atoms with van der Waals surface area (Å²) in [6.07, 6.45) is 1.61. The molecule has 4 heteroatoms. The van der Waals surface area contributed by atoms with Crippen LogP contribution in [0.1, 0.15) is 43.7 Å². The van der Waals surface area contributed by atoms with Crippen LogP contribution in [0, 0.1) is 0 Å². The predicted molar refractivity (Wildman–Crippen MR) is 102 cm³/mol. The summed E-state index contributed by atoms with van der Waals surface area (Å²) in [5.74, 6) is 0.0337. The minimum Gasteiger partial charge on any atom is -0.351 e. The zero-order valence-electron chi connectivity index (χ0n) is 14.3. The van der Waals surface area contributed by atoms with Gasteiger partial charge in [-0.2, -0.15) is 0 Å².